The summed E-state index contributed by atoms with van der Waals surface area (Å²) in [5.41, 5.74) is 0. The van der Waals surface area contributed by atoms with Gasteiger partial charge in [0.1, 0.15) is 12.7 Å². The molecule has 0 aromatic carbocycles. The van der Waals surface area contributed by atoms with E-state index in [1.54, 1.807) is 0 Å². The molecule has 0 radical (unpaired) electrons. The summed E-state index contributed by atoms with van der Waals surface area (Å²) in [4.78, 5) is 45.9. The number of hydrogen-bond acceptors (Lipinski definition) is 8. The maximum atomic E-state index is 12.3. The lowest BCUT2D eigenvalue weighted by Gasteiger charge is -2.18. The van der Waals surface area contributed by atoms with Crippen molar-refractivity contribution in [3.05, 3.63) is 48.6 Å². The minimum Gasteiger partial charge on any atom is -0.480 e. The first-order valence-electron chi connectivity index (χ1n) is 22.2. The van der Waals surface area contributed by atoms with Gasteiger partial charge in [-0.15, -0.1) is 0 Å². The van der Waals surface area contributed by atoms with Crippen LogP contribution in [0.5, 0.6) is 0 Å². The Kier molecular flexibility index (Phi) is 38.4. The summed E-state index contributed by atoms with van der Waals surface area (Å²) in [6.45, 7) is 2.53. The van der Waals surface area contributed by atoms with E-state index in [2.05, 4.69) is 55.6 Å². The van der Waals surface area contributed by atoms with E-state index in [0.29, 0.717) is 19.3 Å². The van der Waals surface area contributed by atoms with E-state index in [1.165, 1.54) is 96.3 Å². The lowest BCUT2D eigenvalue weighted by Crippen LogP contribution is -2.43. The lowest BCUT2D eigenvalue weighted by atomic mass is 10.0. The number of ether oxygens (including phenoxy) is 1. The highest BCUT2D eigenvalue weighted by Gasteiger charge is 2.28. The first-order chi connectivity index (χ1) is 27.6. The first kappa shape index (κ1) is 54.4. The van der Waals surface area contributed by atoms with Gasteiger partial charge < -0.3 is 25.2 Å². The van der Waals surface area contributed by atoms with Crippen LogP contribution in [-0.2, 0) is 32.7 Å². The third-order valence-corrected chi connectivity index (χ3v) is 10.3. The Labute approximate surface area is 345 Å². The van der Waals surface area contributed by atoms with Crippen LogP contribution in [0.3, 0.4) is 0 Å². The van der Waals surface area contributed by atoms with E-state index in [9.17, 15) is 34.1 Å². The van der Waals surface area contributed by atoms with Crippen molar-refractivity contribution in [2.75, 3.05) is 19.8 Å². The number of carboxylic acid groups (broad SMARTS) is 1. The molecule has 1 amide bonds. The fraction of sp³-hybridized carbons (Fsp3) is 0.756. The molecule has 0 aliphatic heterocycles. The Hall–Kier alpha value is -2.56. The van der Waals surface area contributed by atoms with Crippen molar-refractivity contribution in [3.8, 4) is 0 Å². The Morgan fingerprint density at radius 2 is 0.982 bits per heavy atom. The van der Waals surface area contributed by atoms with Gasteiger partial charge in [0.05, 0.1) is 13.2 Å². The van der Waals surface area contributed by atoms with Crippen LogP contribution in [0.1, 0.15) is 187 Å². The molecule has 11 nitrogen and oxygen atoms in total. The third kappa shape index (κ3) is 40.0. The predicted molar refractivity (Wildman–Crippen MR) is 231 cm³/mol. The normalized spacial score (nSPS) is 14.2. The number of hydrogen-bond donors (Lipinski definition) is 4. The molecule has 0 aromatic heterocycles. The zero-order valence-electron chi connectivity index (χ0n) is 35.6. The highest BCUT2D eigenvalue weighted by Crippen LogP contribution is 2.43. The summed E-state index contributed by atoms with van der Waals surface area (Å²) in [7, 11) is -4.77. The average Bonchev–Trinajstić information content (AvgIpc) is 3.18. The standard InChI is InChI=1S/C45H80NO10P/c1-3-5-7-9-11-13-15-17-19-21-22-24-26-28-30-32-34-36-43(48)46-42(45(50)51)40-56-57(52,53)55-39-41(47)38-54-44(49)37-35-33-31-29-27-25-23-20-18-16-14-12-10-8-6-4-2/h11,13,17,19,22,24,28,30,41-42,47H,3-10,12,14-16,18,20-21,23,25-27,29,31-40H2,1-2H3,(H,46,48)(H,50,51)(H,52,53)/b13-11-,19-17-,24-22-,30-28-. The van der Waals surface area contributed by atoms with Gasteiger partial charge in [0.2, 0.25) is 5.91 Å². The van der Waals surface area contributed by atoms with Crippen LogP contribution in [0.2, 0.25) is 0 Å². The number of rotatable bonds is 41. The van der Waals surface area contributed by atoms with E-state index in [1.807, 2.05) is 12.2 Å². The molecule has 0 heterocycles. The number of phosphoric ester groups is 1. The highest BCUT2D eigenvalue weighted by atomic mass is 31.2. The van der Waals surface area contributed by atoms with Crippen molar-refractivity contribution in [1.82, 2.24) is 5.32 Å². The van der Waals surface area contributed by atoms with Gasteiger partial charge in [-0.25, -0.2) is 9.36 Å². The minimum atomic E-state index is -4.77. The number of nitrogens with one attached hydrogen (secondary N) is 1. The Balaban J connectivity index is 3.97. The molecule has 0 fully saturated rings. The molecule has 4 N–H and O–H groups in total. The molecule has 0 saturated carbocycles. The predicted octanol–water partition coefficient (Wildman–Crippen LogP) is 11.4. The fourth-order valence-electron chi connectivity index (χ4n) is 5.90. The maximum Gasteiger partial charge on any atom is 0.472 e. The summed E-state index contributed by atoms with van der Waals surface area (Å²) >= 11 is 0. The molecular formula is C45H80NO10P. The van der Waals surface area contributed by atoms with Crippen molar-refractivity contribution in [2.45, 2.75) is 199 Å². The second-order valence-corrected chi connectivity index (χ2v) is 16.3. The maximum absolute atomic E-state index is 12.3. The quantitative estimate of drug-likeness (QED) is 0.0201. The summed E-state index contributed by atoms with van der Waals surface area (Å²) in [5, 5.41) is 21.8. The SMILES string of the molecule is CCCCC/C=C\C/C=C\C/C=C\C/C=C\CCCC(=O)NC(COP(=O)(O)OCC(O)COC(=O)CCCCCCCCCCCCCCCCCC)C(=O)O. The van der Waals surface area contributed by atoms with Crippen molar-refractivity contribution in [2.24, 2.45) is 0 Å². The molecule has 330 valence electrons. The Morgan fingerprint density at radius 1 is 0.561 bits per heavy atom. The van der Waals surface area contributed by atoms with Crippen LogP contribution >= 0.6 is 7.82 Å². The number of aliphatic carboxylic acids is 1. The van der Waals surface area contributed by atoms with Crippen molar-refractivity contribution in [3.63, 3.8) is 0 Å². The molecule has 12 heteroatoms. The first-order valence-corrected chi connectivity index (χ1v) is 23.7. The number of aliphatic hydroxyl groups is 1. The molecule has 3 atom stereocenters. The topological polar surface area (TPSA) is 169 Å². The Morgan fingerprint density at radius 3 is 1.47 bits per heavy atom. The minimum absolute atomic E-state index is 0.0689. The number of unbranched alkanes of at least 4 members (excludes halogenated alkanes) is 19. The van der Waals surface area contributed by atoms with Gasteiger partial charge >= 0.3 is 19.8 Å². The average molecular weight is 826 g/mol. The molecule has 0 rings (SSSR count). The van der Waals surface area contributed by atoms with Gasteiger partial charge in [0.25, 0.3) is 0 Å². The van der Waals surface area contributed by atoms with Crippen molar-refractivity contribution >= 4 is 25.7 Å². The van der Waals surface area contributed by atoms with E-state index >= 15 is 0 Å². The zero-order chi connectivity index (χ0) is 42.1. The van der Waals surface area contributed by atoms with Crippen LogP contribution in [0.4, 0.5) is 0 Å². The van der Waals surface area contributed by atoms with Gasteiger partial charge in [0.15, 0.2) is 6.04 Å². The van der Waals surface area contributed by atoms with Gasteiger partial charge in [0, 0.05) is 12.8 Å². The van der Waals surface area contributed by atoms with Gasteiger partial charge in [-0.2, -0.15) is 0 Å². The van der Waals surface area contributed by atoms with E-state index in [-0.39, 0.29) is 12.8 Å². The molecule has 0 aliphatic rings. The monoisotopic (exact) mass is 826 g/mol. The van der Waals surface area contributed by atoms with Crippen LogP contribution in [0, 0.1) is 0 Å². The van der Waals surface area contributed by atoms with Crippen LogP contribution in [0.15, 0.2) is 48.6 Å². The van der Waals surface area contributed by atoms with Crippen LogP contribution in [0.25, 0.3) is 0 Å². The molecule has 57 heavy (non-hydrogen) atoms. The molecule has 0 spiro atoms. The summed E-state index contributed by atoms with van der Waals surface area (Å²) in [6.07, 6.45) is 44.3. The van der Waals surface area contributed by atoms with E-state index < -0.39 is 57.6 Å². The number of amides is 1. The number of carbonyl (C=O) groups is 3. The smallest absolute Gasteiger partial charge is 0.472 e. The van der Waals surface area contributed by atoms with E-state index in [0.717, 1.165) is 44.9 Å². The van der Waals surface area contributed by atoms with Gasteiger partial charge in [-0.3, -0.25) is 18.6 Å². The van der Waals surface area contributed by atoms with Crippen LogP contribution < -0.4 is 5.32 Å². The van der Waals surface area contributed by atoms with Crippen molar-refractivity contribution in [1.29, 1.82) is 0 Å². The molecule has 0 bridgehead atoms. The van der Waals surface area contributed by atoms with Crippen LogP contribution in [-0.4, -0.2) is 64.9 Å². The van der Waals surface area contributed by atoms with Crippen molar-refractivity contribution < 1.29 is 47.8 Å². The van der Waals surface area contributed by atoms with Gasteiger partial charge in [-0.05, 0) is 51.4 Å². The highest BCUT2D eigenvalue weighted by molar-refractivity contribution is 7.47. The molecule has 3 unspecified atom stereocenters. The molecule has 0 saturated heterocycles. The summed E-state index contributed by atoms with van der Waals surface area (Å²) < 4.78 is 26.8. The molecule has 0 aliphatic carbocycles. The number of phosphoric acid groups is 1. The second kappa shape index (κ2) is 40.2. The summed E-state index contributed by atoms with van der Waals surface area (Å²) in [6, 6.07) is -1.58. The second-order valence-electron chi connectivity index (χ2n) is 14.9. The lowest BCUT2D eigenvalue weighted by molar-refractivity contribution is -0.147. The zero-order valence-corrected chi connectivity index (χ0v) is 36.5. The number of esters is 1. The van der Waals surface area contributed by atoms with Gasteiger partial charge in [-0.1, -0.05) is 172 Å². The fourth-order valence-corrected chi connectivity index (χ4v) is 6.67. The largest absolute Gasteiger partial charge is 0.480 e. The van der Waals surface area contributed by atoms with E-state index in [4.69, 9.17) is 13.8 Å². The Bertz CT molecular complexity index is 1150. The number of aliphatic hydroxyl groups excluding tert-OH is 1. The third-order valence-electron chi connectivity index (χ3n) is 9.37. The molecule has 0 aromatic rings. The summed E-state index contributed by atoms with van der Waals surface area (Å²) in [5.74, 6) is -2.45. The molecular weight excluding hydrogens is 745 g/mol. The number of carbonyl (C=O) groups excluding carboxylic acids is 2. The number of allylic oxidation sites excluding steroid dienone is 8. The number of carboxylic acids is 1.